The Morgan fingerprint density at radius 3 is 2.57 bits per heavy atom. The van der Waals surface area contributed by atoms with E-state index in [2.05, 4.69) is 80.3 Å². The van der Waals surface area contributed by atoms with E-state index in [4.69, 9.17) is 9.73 Å². The van der Waals surface area contributed by atoms with Crippen molar-refractivity contribution in [2.24, 2.45) is 4.99 Å². The van der Waals surface area contributed by atoms with Gasteiger partial charge in [-0.05, 0) is 75.2 Å². The fourth-order valence-corrected chi connectivity index (χ4v) is 6.36. The highest BCUT2D eigenvalue weighted by molar-refractivity contribution is 14.1. The number of halogens is 2. The lowest BCUT2D eigenvalue weighted by molar-refractivity contribution is 0.0742. The van der Waals surface area contributed by atoms with Crippen molar-refractivity contribution in [2.75, 3.05) is 32.9 Å². The maximum absolute atomic E-state index is 9.43. The predicted molar refractivity (Wildman–Crippen MR) is 131 cm³/mol. The van der Waals surface area contributed by atoms with E-state index in [1.165, 1.54) is 14.7 Å². The Balaban J connectivity index is 1.86. The molecule has 2 aromatic rings. The lowest BCUT2D eigenvalue weighted by atomic mass is 10.0. The number of thiophene rings is 1. The van der Waals surface area contributed by atoms with Crippen LogP contribution in [0, 0.1) is 6.45 Å². The van der Waals surface area contributed by atoms with Gasteiger partial charge in [-0.25, -0.2) is 4.99 Å². The number of ether oxygens (including phenoxy) is 1. The lowest BCUT2D eigenvalue weighted by Crippen LogP contribution is -2.49. The summed E-state index contributed by atoms with van der Waals surface area (Å²) in [6, 6.07) is 2.17. The van der Waals surface area contributed by atoms with Crippen molar-refractivity contribution in [1.29, 1.82) is 0 Å². The number of piperazine rings is 1. The van der Waals surface area contributed by atoms with Gasteiger partial charge in [-0.3, -0.25) is 4.90 Å². The third-order valence-electron chi connectivity index (χ3n) is 5.35. The van der Waals surface area contributed by atoms with Crippen LogP contribution in [0.2, 0.25) is 0 Å². The number of benzene rings is 1. The zero-order valence-corrected chi connectivity index (χ0v) is 21.1. The highest BCUT2D eigenvalue weighted by atomic mass is 127. The molecule has 1 aromatic carbocycles. The van der Waals surface area contributed by atoms with E-state index in [1.807, 2.05) is 0 Å². The molecule has 1 saturated heterocycles. The van der Waals surface area contributed by atoms with Crippen LogP contribution in [0.5, 0.6) is 11.5 Å². The molecular formula is C20H23I2N3O2S. The van der Waals surface area contributed by atoms with Crippen LogP contribution in [0.4, 0.5) is 5.69 Å². The molecule has 2 aliphatic heterocycles. The Morgan fingerprint density at radius 2 is 1.93 bits per heavy atom. The fraction of sp³-hybridized carbons (Fsp3) is 0.450. The molecule has 0 aliphatic carbocycles. The van der Waals surface area contributed by atoms with Crippen molar-refractivity contribution < 1.29 is 9.84 Å². The van der Waals surface area contributed by atoms with Crippen LogP contribution in [0.1, 0.15) is 30.5 Å². The minimum atomic E-state index is 0.117. The van der Waals surface area contributed by atoms with E-state index in [-0.39, 0.29) is 6.73 Å². The molecule has 0 atom stereocenters. The van der Waals surface area contributed by atoms with Crippen molar-refractivity contribution in [3.05, 3.63) is 34.6 Å². The number of nitrogens with zero attached hydrogens (tertiary/aromatic N) is 3. The normalized spacial score (nSPS) is 16.9. The molecule has 1 aromatic heterocycles. The summed E-state index contributed by atoms with van der Waals surface area (Å²) in [5.74, 6) is 2.80. The van der Waals surface area contributed by atoms with E-state index in [1.54, 1.807) is 11.3 Å². The van der Waals surface area contributed by atoms with E-state index < -0.39 is 0 Å². The zero-order chi connectivity index (χ0) is 19.8. The van der Waals surface area contributed by atoms with Gasteiger partial charge in [0.2, 0.25) is 0 Å². The van der Waals surface area contributed by atoms with Crippen LogP contribution in [0.3, 0.4) is 0 Å². The number of aliphatic imine (C=N–C) groups is 1. The summed E-state index contributed by atoms with van der Waals surface area (Å²) in [7, 11) is 0. The van der Waals surface area contributed by atoms with Crippen LogP contribution in [0.15, 0.2) is 16.4 Å². The van der Waals surface area contributed by atoms with Gasteiger partial charge in [-0.2, -0.15) is 0 Å². The maximum atomic E-state index is 9.43. The number of aliphatic hydroxyl groups excluding tert-OH is 1. The average Bonchev–Trinajstić information content (AvgIpc) is 2.98. The number of hydrogen-bond acceptors (Lipinski definition) is 6. The second kappa shape index (κ2) is 8.75. The first-order valence-electron chi connectivity index (χ1n) is 9.53. The van der Waals surface area contributed by atoms with Gasteiger partial charge < -0.3 is 14.7 Å². The van der Waals surface area contributed by atoms with Gasteiger partial charge in [0.15, 0.2) is 11.5 Å². The Bertz CT molecular complexity index is 921. The number of aryl methyl sites for hydroxylation is 1. The van der Waals surface area contributed by atoms with Gasteiger partial charge >= 0.3 is 0 Å². The monoisotopic (exact) mass is 623 g/mol. The van der Waals surface area contributed by atoms with Crippen LogP contribution >= 0.6 is 56.5 Å². The van der Waals surface area contributed by atoms with Gasteiger partial charge in [-0.1, -0.05) is 13.8 Å². The summed E-state index contributed by atoms with van der Waals surface area (Å²) in [5.41, 5.74) is 4.64. The third kappa shape index (κ3) is 3.70. The van der Waals surface area contributed by atoms with Crippen LogP contribution in [-0.2, 0) is 12.8 Å². The quantitative estimate of drug-likeness (QED) is 0.498. The minimum absolute atomic E-state index is 0.117. The molecule has 0 spiro atoms. The summed E-state index contributed by atoms with van der Waals surface area (Å²) in [6.45, 7) is 7.88. The predicted octanol–water partition coefficient (Wildman–Crippen LogP) is 4.83. The first-order chi connectivity index (χ1) is 13.6. The van der Waals surface area contributed by atoms with Crippen molar-refractivity contribution in [3.8, 4) is 11.5 Å². The van der Waals surface area contributed by atoms with Gasteiger partial charge in [-0.15, -0.1) is 11.3 Å². The second-order valence-electron chi connectivity index (χ2n) is 6.92. The van der Waals surface area contributed by atoms with Gasteiger partial charge in [0.1, 0.15) is 14.4 Å². The smallest absolute Gasteiger partial charge is 0.162 e. The van der Waals surface area contributed by atoms with Crippen molar-refractivity contribution in [2.45, 2.75) is 26.7 Å². The van der Waals surface area contributed by atoms with Crippen LogP contribution in [0.25, 0.3) is 0 Å². The third-order valence-corrected chi connectivity index (χ3v) is 8.69. The molecule has 0 saturated carbocycles. The summed E-state index contributed by atoms with van der Waals surface area (Å²) >= 11 is 6.53. The van der Waals surface area contributed by atoms with E-state index in [0.29, 0.717) is 0 Å². The lowest BCUT2D eigenvalue weighted by Gasteiger charge is -2.35. The van der Waals surface area contributed by atoms with Gasteiger partial charge in [0.25, 0.3) is 0 Å². The first-order valence-corrected chi connectivity index (χ1v) is 12.6. The van der Waals surface area contributed by atoms with Crippen LogP contribution < -0.4 is 4.74 Å². The van der Waals surface area contributed by atoms with E-state index in [0.717, 1.165) is 70.5 Å². The van der Waals surface area contributed by atoms with Gasteiger partial charge in [0.05, 0.1) is 12.3 Å². The Hall–Kier alpha value is -0.430. The maximum Gasteiger partial charge on any atom is 0.162 e. The molecule has 0 bridgehead atoms. The second-order valence-corrected chi connectivity index (χ2v) is 10.7. The zero-order valence-electron chi connectivity index (χ0n) is 16.0. The average molecular weight is 623 g/mol. The SMILES string of the molecule is CCc1cc2c(c(CC)c1I)N=C(N1CCN(CO)CC1)c1csc(I)c1O2. The molecule has 1 N–H and O–H groups in total. The molecular weight excluding hydrogens is 600 g/mol. The molecule has 2 aliphatic rings. The van der Waals surface area contributed by atoms with E-state index >= 15 is 0 Å². The standard InChI is InChI=1S/C20H23I2N3O2S/c1-3-12-9-15-17(13(4-2)16(12)21)23-20(14-10-28-19(22)18(14)27-15)25-7-5-24(11-26)6-8-25/h9-10,26H,3-8,11H2,1-2H3. The number of amidine groups is 1. The van der Waals surface area contributed by atoms with Crippen LogP contribution in [-0.4, -0.2) is 53.7 Å². The molecule has 150 valence electrons. The Kier molecular flexibility index (Phi) is 6.50. The molecule has 0 amide bonds. The molecule has 0 unspecified atom stereocenters. The van der Waals surface area contributed by atoms with Crippen molar-refractivity contribution in [1.82, 2.24) is 9.80 Å². The Morgan fingerprint density at radius 1 is 1.18 bits per heavy atom. The van der Waals surface area contributed by atoms with Crippen molar-refractivity contribution >= 4 is 68.0 Å². The summed E-state index contributed by atoms with van der Waals surface area (Å²) in [6.07, 6.45) is 1.91. The number of hydrogen-bond donors (Lipinski definition) is 1. The molecule has 4 rings (SSSR count). The molecule has 0 radical (unpaired) electrons. The Labute approximate surface area is 197 Å². The molecule has 5 nitrogen and oxygen atoms in total. The largest absolute Gasteiger partial charge is 0.452 e. The first kappa shape index (κ1) is 20.8. The van der Waals surface area contributed by atoms with Crippen molar-refractivity contribution in [3.63, 3.8) is 0 Å². The molecule has 8 heteroatoms. The minimum Gasteiger partial charge on any atom is -0.452 e. The molecule has 3 heterocycles. The highest BCUT2D eigenvalue weighted by Gasteiger charge is 2.29. The number of aliphatic hydroxyl groups is 1. The number of rotatable bonds is 3. The fourth-order valence-electron chi connectivity index (χ4n) is 3.71. The van der Waals surface area contributed by atoms with E-state index in [9.17, 15) is 5.11 Å². The summed E-state index contributed by atoms with van der Waals surface area (Å²) in [5, 5.41) is 11.6. The highest BCUT2D eigenvalue weighted by Crippen LogP contribution is 2.46. The summed E-state index contributed by atoms with van der Waals surface area (Å²) < 4.78 is 8.94. The topological polar surface area (TPSA) is 48.3 Å². The molecule has 28 heavy (non-hydrogen) atoms. The summed E-state index contributed by atoms with van der Waals surface area (Å²) in [4.78, 5) is 9.61. The van der Waals surface area contributed by atoms with Gasteiger partial charge in [0, 0.05) is 35.1 Å². The molecule has 1 fully saturated rings. The number of fused-ring (bicyclic) bond motifs is 2.